The summed E-state index contributed by atoms with van der Waals surface area (Å²) in [5.74, 6) is 0.555. The molecule has 28 heavy (non-hydrogen) atoms. The molecule has 8 heteroatoms. The molecule has 0 unspecified atom stereocenters. The van der Waals surface area contributed by atoms with Crippen LogP contribution < -0.4 is 14.8 Å². The van der Waals surface area contributed by atoms with Gasteiger partial charge in [-0.3, -0.25) is 4.79 Å². The van der Waals surface area contributed by atoms with Crippen LogP contribution >= 0.6 is 0 Å². The monoisotopic (exact) mass is 384 g/mol. The Labute approximate surface area is 161 Å². The summed E-state index contributed by atoms with van der Waals surface area (Å²) >= 11 is 0. The number of aryl methyl sites for hydroxylation is 1. The number of rotatable bonds is 6. The van der Waals surface area contributed by atoms with Gasteiger partial charge in [-0.1, -0.05) is 0 Å². The van der Waals surface area contributed by atoms with Crippen LogP contribution in [0.4, 0.5) is 4.39 Å². The van der Waals surface area contributed by atoms with E-state index in [0.717, 1.165) is 17.5 Å². The van der Waals surface area contributed by atoms with E-state index in [0.29, 0.717) is 36.7 Å². The van der Waals surface area contributed by atoms with Crippen molar-refractivity contribution < 1.29 is 18.7 Å². The van der Waals surface area contributed by atoms with Crippen molar-refractivity contribution in [3.63, 3.8) is 0 Å². The SMILES string of the molecule is COc1cc(-c2cc3ncn(C)c3c(OCC[C@H]3CNC(=O)C3)n2)ccc1F. The zero-order chi connectivity index (χ0) is 19.7. The van der Waals surface area contributed by atoms with Gasteiger partial charge in [0, 0.05) is 25.6 Å². The molecule has 1 aliphatic rings. The van der Waals surface area contributed by atoms with E-state index >= 15 is 0 Å². The number of carbonyl (C=O) groups excluding carboxylic acids is 1. The summed E-state index contributed by atoms with van der Waals surface area (Å²) in [6.45, 7) is 1.13. The van der Waals surface area contributed by atoms with Gasteiger partial charge in [-0.15, -0.1) is 0 Å². The second-order valence-electron chi connectivity index (χ2n) is 6.90. The van der Waals surface area contributed by atoms with Crippen LogP contribution in [-0.4, -0.2) is 40.7 Å². The number of aromatic nitrogens is 3. The third-order valence-electron chi connectivity index (χ3n) is 4.94. The van der Waals surface area contributed by atoms with Crippen molar-refractivity contribution >= 4 is 16.9 Å². The molecule has 0 bridgehead atoms. The second kappa shape index (κ2) is 7.46. The molecule has 4 rings (SSSR count). The van der Waals surface area contributed by atoms with Crippen molar-refractivity contribution in [1.29, 1.82) is 0 Å². The number of carbonyl (C=O) groups is 1. The van der Waals surface area contributed by atoms with Gasteiger partial charge >= 0.3 is 0 Å². The van der Waals surface area contributed by atoms with Crippen molar-refractivity contribution in [2.24, 2.45) is 13.0 Å². The number of pyridine rings is 1. The van der Waals surface area contributed by atoms with Crippen molar-refractivity contribution in [2.75, 3.05) is 20.3 Å². The molecule has 3 aromatic rings. The smallest absolute Gasteiger partial charge is 0.240 e. The summed E-state index contributed by atoms with van der Waals surface area (Å²) in [5, 5.41) is 2.83. The molecular weight excluding hydrogens is 363 g/mol. The van der Waals surface area contributed by atoms with E-state index in [1.807, 2.05) is 17.7 Å². The first-order valence-electron chi connectivity index (χ1n) is 9.10. The molecule has 0 spiro atoms. The number of benzene rings is 1. The van der Waals surface area contributed by atoms with Crippen molar-refractivity contribution in [3.05, 3.63) is 36.4 Å². The lowest BCUT2D eigenvalue weighted by atomic mass is 10.1. The third kappa shape index (κ3) is 3.49. The number of nitrogens with zero attached hydrogens (tertiary/aromatic N) is 3. The molecule has 146 valence electrons. The van der Waals surface area contributed by atoms with E-state index in [2.05, 4.69) is 15.3 Å². The van der Waals surface area contributed by atoms with Gasteiger partial charge in [-0.2, -0.15) is 0 Å². The maximum absolute atomic E-state index is 13.7. The second-order valence-corrected chi connectivity index (χ2v) is 6.90. The van der Waals surface area contributed by atoms with Crippen LogP contribution in [0.5, 0.6) is 11.6 Å². The largest absolute Gasteiger partial charge is 0.494 e. The molecule has 0 radical (unpaired) electrons. The molecule has 0 aliphatic carbocycles. The molecular formula is C20H21FN4O3. The lowest BCUT2D eigenvalue weighted by Crippen LogP contribution is -2.14. The van der Waals surface area contributed by atoms with Crippen LogP contribution in [0, 0.1) is 11.7 Å². The number of hydrogen-bond donors (Lipinski definition) is 1. The normalized spacial score (nSPS) is 16.4. The van der Waals surface area contributed by atoms with Gasteiger partial charge in [-0.05, 0) is 36.6 Å². The maximum Gasteiger partial charge on any atom is 0.240 e. The number of fused-ring (bicyclic) bond motifs is 1. The van der Waals surface area contributed by atoms with Gasteiger partial charge in [0.1, 0.15) is 5.52 Å². The Bertz CT molecular complexity index is 1030. The van der Waals surface area contributed by atoms with Crippen LogP contribution in [0.3, 0.4) is 0 Å². The molecule has 1 N–H and O–H groups in total. The maximum atomic E-state index is 13.7. The van der Waals surface area contributed by atoms with Gasteiger partial charge in [0.15, 0.2) is 11.6 Å². The molecule has 1 aromatic carbocycles. The summed E-state index contributed by atoms with van der Waals surface area (Å²) in [4.78, 5) is 20.4. The minimum absolute atomic E-state index is 0.0874. The highest BCUT2D eigenvalue weighted by molar-refractivity contribution is 5.84. The van der Waals surface area contributed by atoms with E-state index in [4.69, 9.17) is 9.47 Å². The lowest BCUT2D eigenvalue weighted by Gasteiger charge is -2.12. The van der Waals surface area contributed by atoms with Gasteiger partial charge in [0.2, 0.25) is 11.8 Å². The Morgan fingerprint density at radius 1 is 1.36 bits per heavy atom. The minimum Gasteiger partial charge on any atom is -0.494 e. The van der Waals surface area contributed by atoms with Gasteiger partial charge in [0.25, 0.3) is 0 Å². The highest BCUT2D eigenvalue weighted by Crippen LogP contribution is 2.31. The zero-order valence-corrected chi connectivity index (χ0v) is 15.7. The first-order chi connectivity index (χ1) is 13.5. The van der Waals surface area contributed by atoms with Crippen LogP contribution in [-0.2, 0) is 11.8 Å². The number of imidazole rings is 1. The average Bonchev–Trinajstić information content (AvgIpc) is 3.27. The molecule has 0 saturated carbocycles. The molecule has 7 nitrogen and oxygen atoms in total. The Hall–Kier alpha value is -3.16. The predicted molar refractivity (Wildman–Crippen MR) is 102 cm³/mol. The Balaban J connectivity index is 1.63. The molecule has 1 atom stereocenters. The highest BCUT2D eigenvalue weighted by Gasteiger charge is 2.21. The average molecular weight is 384 g/mol. The summed E-state index contributed by atoms with van der Waals surface area (Å²) in [6.07, 6.45) is 3.00. The molecule has 1 aliphatic heterocycles. The Kier molecular flexibility index (Phi) is 4.85. The standard InChI is InChI=1S/C20H21FN4O3/c1-25-11-23-16-9-15(13-3-4-14(21)17(8-13)27-2)24-20(19(16)25)28-6-5-12-7-18(26)22-10-12/h3-4,8-9,11-12H,5-7,10H2,1-2H3,(H,22,26)/t12-/m1/s1. The summed E-state index contributed by atoms with van der Waals surface area (Å²) in [7, 11) is 3.30. The van der Waals surface area contributed by atoms with Gasteiger partial charge in [-0.25, -0.2) is 14.4 Å². The first-order valence-corrected chi connectivity index (χ1v) is 9.10. The van der Waals surface area contributed by atoms with E-state index in [9.17, 15) is 9.18 Å². The number of halogens is 1. The minimum atomic E-state index is -0.429. The Morgan fingerprint density at radius 3 is 2.96 bits per heavy atom. The van der Waals surface area contributed by atoms with Crippen molar-refractivity contribution in [2.45, 2.75) is 12.8 Å². The van der Waals surface area contributed by atoms with E-state index in [-0.39, 0.29) is 17.6 Å². The summed E-state index contributed by atoms with van der Waals surface area (Å²) in [5.41, 5.74) is 2.86. The fourth-order valence-corrected chi connectivity index (χ4v) is 3.40. The molecule has 3 heterocycles. The van der Waals surface area contributed by atoms with E-state index in [1.165, 1.54) is 13.2 Å². The van der Waals surface area contributed by atoms with Crippen molar-refractivity contribution in [1.82, 2.24) is 19.9 Å². The fourth-order valence-electron chi connectivity index (χ4n) is 3.40. The summed E-state index contributed by atoms with van der Waals surface area (Å²) < 4.78 is 26.7. The van der Waals surface area contributed by atoms with Crippen LogP contribution in [0.1, 0.15) is 12.8 Å². The zero-order valence-electron chi connectivity index (χ0n) is 15.7. The van der Waals surface area contributed by atoms with E-state index < -0.39 is 5.82 Å². The first kappa shape index (κ1) is 18.2. The van der Waals surface area contributed by atoms with E-state index in [1.54, 1.807) is 18.5 Å². The van der Waals surface area contributed by atoms with Crippen LogP contribution in [0.2, 0.25) is 0 Å². The molecule has 1 amide bonds. The third-order valence-corrected chi connectivity index (χ3v) is 4.94. The van der Waals surface area contributed by atoms with Crippen molar-refractivity contribution in [3.8, 4) is 22.9 Å². The fraction of sp³-hybridized carbons (Fsp3) is 0.350. The number of amides is 1. The number of nitrogens with one attached hydrogen (secondary N) is 1. The topological polar surface area (TPSA) is 78.3 Å². The molecule has 1 saturated heterocycles. The Morgan fingerprint density at radius 2 is 2.21 bits per heavy atom. The van der Waals surface area contributed by atoms with Gasteiger partial charge in [0.05, 0.1) is 31.3 Å². The highest BCUT2D eigenvalue weighted by atomic mass is 19.1. The number of ether oxygens (including phenoxy) is 2. The predicted octanol–water partition coefficient (Wildman–Crippen LogP) is 2.69. The summed E-state index contributed by atoms with van der Waals surface area (Å²) in [6, 6.07) is 6.44. The lowest BCUT2D eigenvalue weighted by molar-refractivity contribution is -0.119. The van der Waals surface area contributed by atoms with Crippen LogP contribution in [0.25, 0.3) is 22.3 Å². The number of hydrogen-bond acceptors (Lipinski definition) is 5. The molecule has 2 aromatic heterocycles. The van der Waals surface area contributed by atoms with Gasteiger partial charge < -0.3 is 19.4 Å². The number of methoxy groups -OCH3 is 1. The van der Waals surface area contributed by atoms with Crippen LogP contribution in [0.15, 0.2) is 30.6 Å². The molecule has 1 fully saturated rings. The quantitative estimate of drug-likeness (QED) is 0.707.